The van der Waals surface area contributed by atoms with Crippen molar-refractivity contribution in [2.24, 2.45) is 0 Å². The van der Waals surface area contributed by atoms with Gasteiger partial charge in [0.2, 0.25) is 0 Å². The van der Waals surface area contributed by atoms with Gasteiger partial charge in [-0.3, -0.25) is 0 Å². The molecule has 1 heterocycles. The Bertz CT molecular complexity index is 707. The number of benzene rings is 2. The number of aromatic nitrogens is 3. The van der Waals surface area contributed by atoms with Crippen molar-refractivity contribution in [1.29, 1.82) is 0 Å². The van der Waals surface area contributed by atoms with E-state index in [2.05, 4.69) is 10.3 Å². The van der Waals surface area contributed by atoms with E-state index in [1.165, 1.54) is 0 Å². The molecule has 20 heavy (non-hydrogen) atoms. The van der Waals surface area contributed by atoms with E-state index in [0.29, 0.717) is 5.69 Å². The first-order chi connectivity index (χ1) is 9.77. The fourth-order valence-electron chi connectivity index (χ4n) is 2.25. The minimum atomic E-state index is -0.744. The summed E-state index contributed by atoms with van der Waals surface area (Å²) in [6.45, 7) is 1.98. The first-order valence-electron chi connectivity index (χ1n) is 6.47. The van der Waals surface area contributed by atoms with E-state index in [1.54, 1.807) is 10.9 Å². The summed E-state index contributed by atoms with van der Waals surface area (Å²) in [5, 5.41) is 18.6. The first kappa shape index (κ1) is 12.6. The van der Waals surface area contributed by atoms with Crippen molar-refractivity contribution in [1.82, 2.24) is 15.0 Å². The molecular formula is C16H15N3O. The highest BCUT2D eigenvalue weighted by atomic mass is 16.3. The van der Waals surface area contributed by atoms with Crippen molar-refractivity contribution in [3.63, 3.8) is 0 Å². The molecule has 1 aromatic heterocycles. The van der Waals surface area contributed by atoms with Crippen LogP contribution in [0, 0.1) is 6.92 Å². The molecular weight excluding hydrogens is 250 g/mol. The monoisotopic (exact) mass is 265 g/mol. The van der Waals surface area contributed by atoms with Crippen LogP contribution in [0.2, 0.25) is 0 Å². The van der Waals surface area contributed by atoms with E-state index in [0.717, 1.165) is 16.8 Å². The standard InChI is InChI=1S/C16H15N3O/c1-12-7-5-6-10-14(12)16(20)15-11-17-18-19(15)13-8-3-2-4-9-13/h2-11,16,20H,1H3. The Morgan fingerprint density at radius 1 is 1.00 bits per heavy atom. The van der Waals surface area contributed by atoms with Crippen LogP contribution in [0.5, 0.6) is 0 Å². The summed E-state index contributed by atoms with van der Waals surface area (Å²) in [4.78, 5) is 0. The molecule has 0 fully saturated rings. The average Bonchev–Trinajstić information content (AvgIpc) is 2.97. The lowest BCUT2D eigenvalue weighted by Crippen LogP contribution is -2.09. The number of rotatable bonds is 3. The molecule has 0 bridgehead atoms. The molecule has 4 nitrogen and oxygen atoms in total. The van der Waals surface area contributed by atoms with Crippen LogP contribution >= 0.6 is 0 Å². The molecule has 0 aliphatic rings. The van der Waals surface area contributed by atoms with Crippen LogP contribution in [0.15, 0.2) is 60.8 Å². The van der Waals surface area contributed by atoms with Crippen LogP contribution in [0.25, 0.3) is 5.69 Å². The fourth-order valence-corrected chi connectivity index (χ4v) is 2.25. The molecule has 1 atom stereocenters. The second-order valence-corrected chi connectivity index (χ2v) is 4.67. The van der Waals surface area contributed by atoms with Crippen LogP contribution in [0.4, 0.5) is 0 Å². The molecule has 3 rings (SSSR count). The fraction of sp³-hybridized carbons (Fsp3) is 0.125. The van der Waals surface area contributed by atoms with Gasteiger partial charge in [-0.25, -0.2) is 4.68 Å². The Morgan fingerprint density at radius 3 is 2.45 bits per heavy atom. The summed E-state index contributed by atoms with van der Waals surface area (Å²) in [6, 6.07) is 17.4. The molecule has 2 aromatic carbocycles. The highest BCUT2D eigenvalue weighted by molar-refractivity contribution is 5.36. The molecule has 3 aromatic rings. The number of hydrogen-bond donors (Lipinski definition) is 1. The maximum absolute atomic E-state index is 10.6. The largest absolute Gasteiger partial charge is 0.382 e. The predicted molar refractivity (Wildman–Crippen MR) is 76.6 cm³/mol. The lowest BCUT2D eigenvalue weighted by Gasteiger charge is -2.14. The highest BCUT2D eigenvalue weighted by Crippen LogP contribution is 2.25. The SMILES string of the molecule is Cc1ccccc1C(O)c1cnnn1-c1ccccc1. The average molecular weight is 265 g/mol. The lowest BCUT2D eigenvalue weighted by atomic mass is 10.0. The molecule has 0 amide bonds. The molecule has 0 aliphatic heterocycles. The molecule has 0 radical (unpaired) electrons. The first-order valence-corrected chi connectivity index (χ1v) is 6.47. The maximum atomic E-state index is 10.6. The van der Waals surface area contributed by atoms with Gasteiger partial charge in [-0.05, 0) is 30.2 Å². The summed E-state index contributed by atoms with van der Waals surface area (Å²) in [5.74, 6) is 0. The summed E-state index contributed by atoms with van der Waals surface area (Å²) < 4.78 is 1.66. The van der Waals surface area contributed by atoms with Crippen molar-refractivity contribution < 1.29 is 5.11 Å². The Labute approximate surface area is 117 Å². The molecule has 0 saturated heterocycles. The van der Waals surface area contributed by atoms with Gasteiger partial charge in [-0.2, -0.15) is 0 Å². The summed E-state index contributed by atoms with van der Waals surface area (Å²) >= 11 is 0. The number of aliphatic hydroxyl groups excluding tert-OH is 1. The highest BCUT2D eigenvalue weighted by Gasteiger charge is 2.18. The number of hydrogen-bond acceptors (Lipinski definition) is 3. The number of nitrogens with zero attached hydrogens (tertiary/aromatic N) is 3. The van der Waals surface area contributed by atoms with Gasteiger partial charge in [0, 0.05) is 0 Å². The van der Waals surface area contributed by atoms with Crippen LogP contribution < -0.4 is 0 Å². The maximum Gasteiger partial charge on any atom is 0.123 e. The number of aryl methyl sites for hydroxylation is 1. The smallest absolute Gasteiger partial charge is 0.123 e. The zero-order valence-electron chi connectivity index (χ0n) is 11.1. The van der Waals surface area contributed by atoms with Crippen LogP contribution in [0.3, 0.4) is 0 Å². The summed E-state index contributed by atoms with van der Waals surface area (Å²) in [6.07, 6.45) is 0.857. The second-order valence-electron chi connectivity index (χ2n) is 4.67. The van der Waals surface area contributed by atoms with Gasteiger partial charge < -0.3 is 5.11 Å². The van der Waals surface area contributed by atoms with Crippen molar-refractivity contribution in [2.75, 3.05) is 0 Å². The van der Waals surface area contributed by atoms with Gasteiger partial charge in [0.15, 0.2) is 0 Å². The molecule has 1 unspecified atom stereocenters. The number of para-hydroxylation sites is 1. The van der Waals surface area contributed by atoms with E-state index in [4.69, 9.17) is 0 Å². The normalized spacial score (nSPS) is 12.3. The Balaban J connectivity index is 2.04. The molecule has 1 N–H and O–H groups in total. The predicted octanol–water partition coefficient (Wildman–Crippen LogP) is 2.66. The molecule has 0 spiro atoms. The Morgan fingerprint density at radius 2 is 1.70 bits per heavy atom. The zero-order valence-corrected chi connectivity index (χ0v) is 11.1. The van der Waals surface area contributed by atoms with Gasteiger partial charge in [0.25, 0.3) is 0 Å². The minimum absolute atomic E-state index is 0.658. The second kappa shape index (κ2) is 5.27. The molecule has 0 saturated carbocycles. The van der Waals surface area contributed by atoms with E-state index in [1.807, 2.05) is 61.5 Å². The third kappa shape index (κ3) is 2.21. The number of aliphatic hydroxyl groups is 1. The van der Waals surface area contributed by atoms with Crippen LogP contribution in [-0.2, 0) is 0 Å². The third-order valence-corrected chi connectivity index (χ3v) is 3.34. The van der Waals surface area contributed by atoms with E-state index in [-0.39, 0.29) is 0 Å². The van der Waals surface area contributed by atoms with Gasteiger partial charge in [0.1, 0.15) is 6.10 Å². The van der Waals surface area contributed by atoms with Crippen molar-refractivity contribution in [3.8, 4) is 5.69 Å². The Hall–Kier alpha value is -2.46. The summed E-state index contributed by atoms with van der Waals surface area (Å²) in [5.41, 5.74) is 3.45. The minimum Gasteiger partial charge on any atom is -0.382 e. The van der Waals surface area contributed by atoms with Gasteiger partial charge >= 0.3 is 0 Å². The Kier molecular flexibility index (Phi) is 3.31. The van der Waals surface area contributed by atoms with Crippen LogP contribution in [-0.4, -0.2) is 20.1 Å². The molecule has 4 heteroatoms. The van der Waals surface area contributed by atoms with Gasteiger partial charge in [-0.1, -0.05) is 47.7 Å². The lowest BCUT2D eigenvalue weighted by molar-refractivity contribution is 0.211. The van der Waals surface area contributed by atoms with Gasteiger partial charge in [0.05, 0.1) is 17.6 Å². The zero-order chi connectivity index (χ0) is 13.9. The third-order valence-electron chi connectivity index (χ3n) is 3.34. The van der Waals surface area contributed by atoms with E-state index >= 15 is 0 Å². The summed E-state index contributed by atoms with van der Waals surface area (Å²) in [7, 11) is 0. The van der Waals surface area contributed by atoms with Gasteiger partial charge in [-0.15, -0.1) is 5.10 Å². The van der Waals surface area contributed by atoms with E-state index in [9.17, 15) is 5.11 Å². The van der Waals surface area contributed by atoms with Crippen molar-refractivity contribution >= 4 is 0 Å². The molecule has 100 valence electrons. The topological polar surface area (TPSA) is 50.9 Å². The van der Waals surface area contributed by atoms with E-state index < -0.39 is 6.10 Å². The van der Waals surface area contributed by atoms with Crippen molar-refractivity contribution in [3.05, 3.63) is 77.6 Å². The van der Waals surface area contributed by atoms with Crippen molar-refractivity contribution in [2.45, 2.75) is 13.0 Å². The van der Waals surface area contributed by atoms with Crippen LogP contribution in [0.1, 0.15) is 22.9 Å². The molecule has 0 aliphatic carbocycles. The quantitative estimate of drug-likeness (QED) is 0.792.